The summed E-state index contributed by atoms with van der Waals surface area (Å²) in [4.78, 5) is 22.0. The van der Waals surface area contributed by atoms with E-state index in [4.69, 9.17) is 0 Å². The van der Waals surface area contributed by atoms with Crippen molar-refractivity contribution in [2.75, 3.05) is 38.1 Å². The molecule has 0 bridgehead atoms. The van der Waals surface area contributed by atoms with E-state index in [-0.39, 0.29) is 35.9 Å². The number of carbonyl (C=O) groups is 1. The second-order valence-electron chi connectivity index (χ2n) is 6.67. The number of nitrogens with zero attached hydrogens (tertiary/aromatic N) is 3. The molecule has 2 heterocycles. The fourth-order valence-corrected chi connectivity index (χ4v) is 3.18. The third kappa shape index (κ3) is 6.51. The van der Waals surface area contributed by atoms with Crippen LogP contribution in [0.15, 0.2) is 47.7 Å². The molecule has 3 rings (SSSR count). The lowest BCUT2D eigenvalue weighted by molar-refractivity contribution is 0.0954. The molecule has 1 amide bonds. The molecule has 162 valence electrons. The van der Waals surface area contributed by atoms with E-state index in [1.807, 2.05) is 4.90 Å². The zero-order valence-electron chi connectivity index (χ0n) is 16.6. The van der Waals surface area contributed by atoms with Crippen LogP contribution in [-0.4, -0.2) is 56.1 Å². The Balaban J connectivity index is 0.00000320. The highest BCUT2D eigenvalue weighted by Crippen LogP contribution is 2.24. The average Bonchev–Trinajstić information content (AvgIpc) is 3.18. The Morgan fingerprint density at radius 3 is 2.77 bits per heavy atom. The number of pyridine rings is 1. The Kier molecular flexibility index (Phi) is 9.21. The van der Waals surface area contributed by atoms with E-state index < -0.39 is 11.6 Å². The lowest BCUT2D eigenvalue weighted by atomic mass is 10.2. The number of benzene rings is 1. The normalized spacial score (nSPS) is 16.0. The minimum absolute atomic E-state index is 0. The molecule has 2 aromatic rings. The second-order valence-corrected chi connectivity index (χ2v) is 6.67. The van der Waals surface area contributed by atoms with Crippen LogP contribution in [0.4, 0.5) is 14.5 Å². The standard InChI is InChI=1S/C20H24F2N6O.HI/c1-23-20(26-9-8-25-19(29)14-3-2-7-24-12-14)27-16-6-10-28(13-16)18-5-4-15(21)11-17(18)22;/h2-5,7,11-12,16H,6,8-10,13H2,1H3,(H,25,29)(H2,23,26,27);1H. The summed E-state index contributed by atoms with van der Waals surface area (Å²) in [7, 11) is 1.66. The van der Waals surface area contributed by atoms with Crippen molar-refractivity contribution in [3.05, 3.63) is 59.9 Å². The summed E-state index contributed by atoms with van der Waals surface area (Å²) in [5.41, 5.74) is 0.908. The van der Waals surface area contributed by atoms with Crippen LogP contribution in [-0.2, 0) is 0 Å². The lowest BCUT2D eigenvalue weighted by Gasteiger charge is -2.21. The van der Waals surface area contributed by atoms with Crippen molar-refractivity contribution in [1.82, 2.24) is 20.9 Å². The van der Waals surface area contributed by atoms with Gasteiger partial charge in [-0.1, -0.05) is 0 Å². The van der Waals surface area contributed by atoms with Gasteiger partial charge in [0.2, 0.25) is 0 Å². The van der Waals surface area contributed by atoms with Crippen molar-refractivity contribution in [3.63, 3.8) is 0 Å². The lowest BCUT2D eigenvalue weighted by Crippen LogP contribution is -2.46. The number of aliphatic imine (C=N–C) groups is 1. The molecule has 1 atom stereocenters. The van der Waals surface area contributed by atoms with Crippen LogP contribution in [0.5, 0.6) is 0 Å². The fourth-order valence-electron chi connectivity index (χ4n) is 3.18. The first kappa shape index (κ1) is 23.8. The largest absolute Gasteiger partial charge is 0.367 e. The molecule has 1 aromatic carbocycles. The smallest absolute Gasteiger partial charge is 0.252 e. The SMILES string of the molecule is CN=C(NCCNC(=O)c1cccnc1)NC1CCN(c2ccc(F)cc2F)C1.I. The Bertz CT molecular complexity index is 868. The van der Waals surface area contributed by atoms with Crippen LogP contribution in [0.3, 0.4) is 0 Å². The molecule has 0 saturated carbocycles. The van der Waals surface area contributed by atoms with Crippen LogP contribution in [0.1, 0.15) is 16.8 Å². The number of carbonyl (C=O) groups excluding carboxylic acids is 1. The molecule has 30 heavy (non-hydrogen) atoms. The molecule has 1 aliphatic heterocycles. The Hall–Kier alpha value is -2.50. The molecular formula is C20H25F2IN6O. The maximum absolute atomic E-state index is 14.0. The van der Waals surface area contributed by atoms with Gasteiger partial charge < -0.3 is 20.9 Å². The van der Waals surface area contributed by atoms with Crippen molar-refractivity contribution in [3.8, 4) is 0 Å². The predicted octanol–water partition coefficient (Wildman–Crippen LogP) is 2.15. The minimum Gasteiger partial charge on any atom is -0.367 e. The molecule has 1 fully saturated rings. The van der Waals surface area contributed by atoms with Gasteiger partial charge >= 0.3 is 0 Å². The number of hydrogen-bond acceptors (Lipinski definition) is 4. The van der Waals surface area contributed by atoms with E-state index in [9.17, 15) is 13.6 Å². The summed E-state index contributed by atoms with van der Waals surface area (Å²) in [6.07, 6.45) is 3.93. The average molecular weight is 530 g/mol. The second kappa shape index (κ2) is 11.6. The van der Waals surface area contributed by atoms with Crippen LogP contribution >= 0.6 is 24.0 Å². The molecular weight excluding hydrogens is 505 g/mol. The highest BCUT2D eigenvalue weighted by atomic mass is 127. The molecule has 10 heteroatoms. The van der Waals surface area contributed by atoms with Gasteiger partial charge in [-0.3, -0.25) is 14.8 Å². The van der Waals surface area contributed by atoms with Crippen molar-refractivity contribution >= 4 is 41.5 Å². The molecule has 0 aliphatic carbocycles. The van der Waals surface area contributed by atoms with Crippen LogP contribution in [0, 0.1) is 11.6 Å². The summed E-state index contributed by atoms with van der Waals surface area (Å²) in [6.45, 7) is 2.17. The Morgan fingerprint density at radius 1 is 1.27 bits per heavy atom. The number of rotatable bonds is 6. The van der Waals surface area contributed by atoms with Crippen molar-refractivity contribution in [1.29, 1.82) is 0 Å². The van der Waals surface area contributed by atoms with Crippen LogP contribution in [0.2, 0.25) is 0 Å². The van der Waals surface area contributed by atoms with Gasteiger partial charge in [0.15, 0.2) is 5.96 Å². The zero-order chi connectivity index (χ0) is 20.6. The van der Waals surface area contributed by atoms with Gasteiger partial charge in [-0.25, -0.2) is 8.78 Å². The first-order chi connectivity index (χ1) is 14.1. The van der Waals surface area contributed by atoms with E-state index in [1.54, 1.807) is 25.4 Å². The predicted molar refractivity (Wildman–Crippen MR) is 123 cm³/mol. The van der Waals surface area contributed by atoms with E-state index in [0.717, 1.165) is 12.5 Å². The summed E-state index contributed by atoms with van der Waals surface area (Å²) >= 11 is 0. The third-order valence-corrected chi connectivity index (χ3v) is 4.63. The Morgan fingerprint density at radius 2 is 2.07 bits per heavy atom. The van der Waals surface area contributed by atoms with Gasteiger partial charge in [0.25, 0.3) is 5.91 Å². The molecule has 7 nitrogen and oxygen atoms in total. The van der Waals surface area contributed by atoms with Gasteiger partial charge in [-0.05, 0) is 30.7 Å². The number of aromatic nitrogens is 1. The van der Waals surface area contributed by atoms with E-state index >= 15 is 0 Å². The number of anilines is 1. The van der Waals surface area contributed by atoms with Crippen LogP contribution < -0.4 is 20.9 Å². The highest BCUT2D eigenvalue weighted by molar-refractivity contribution is 14.0. The first-order valence-electron chi connectivity index (χ1n) is 9.42. The number of halogens is 3. The van der Waals surface area contributed by atoms with E-state index in [0.29, 0.717) is 43.4 Å². The Labute approximate surface area is 191 Å². The maximum atomic E-state index is 14.0. The topological polar surface area (TPSA) is 81.6 Å². The van der Waals surface area contributed by atoms with Gasteiger partial charge in [0, 0.05) is 57.7 Å². The number of nitrogens with one attached hydrogen (secondary N) is 3. The van der Waals surface area contributed by atoms with Gasteiger partial charge in [0.05, 0.1) is 11.3 Å². The van der Waals surface area contributed by atoms with E-state index in [2.05, 4.69) is 25.9 Å². The monoisotopic (exact) mass is 530 g/mol. The summed E-state index contributed by atoms with van der Waals surface area (Å²) in [6, 6.07) is 7.12. The van der Waals surface area contributed by atoms with Crippen LogP contribution in [0.25, 0.3) is 0 Å². The van der Waals surface area contributed by atoms with Gasteiger partial charge in [0.1, 0.15) is 11.6 Å². The van der Waals surface area contributed by atoms with Gasteiger partial charge in [-0.2, -0.15) is 0 Å². The number of amides is 1. The first-order valence-corrected chi connectivity index (χ1v) is 9.42. The van der Waals surface area contributed by atoms with Crippen molar-refractivity contribution in [2.45, 2.75) is 12.5 Å². The minimum atomic E-state index is -0.583. The molecule has 1 aliphatic rings. The van der Waals surface area contributed by atoms with Crippen molar-refractivity contribution in [2.24, 2.45) is 4.99 Å². The molecule has 3 N–H and O–H groups in total. The maximum Gasteiger partial charge on any atom is 0.252 e. The molecule has 0 radical (unpaired) electrons. The van der Waals surface area contributed by atoms with E-state index in [1.165, 1.54) is 18.3 Å². The highest BCUT2D eigenvalue weighted by Gasteiger charge is 2.25. The molecule has 1 saturated heterocycles. The molecule has 1 aromatic heterocycles. The third-order valence-electron chi connectivity index (χ3n) is 4.63. The van der Waals surface area contributed by atoms with Gasteiger partial charge in [-0.15, -0.1) is 24.0 Å². The molecule has 1 unspecified atom stereocenters. The molecule has 0 spiro atoms. The fraction of sp³-hybridized carbons (Fsp3) is 0.350. The van der Waals surface area contributed by atoms with Crippen molar-refractivity contribution < 1.29 is 13.6 Å². The number of guanidine groups is 1. The quantitative estimate of drug-likeness (QED) is 0.231. The zero-order valence-corrected chi connectivity index (χ0v) is 18.9. The number of hydrogen-bond donors (Lipinski definition) is 3. The summed E-state index contributed by atoms with van der Waals surface area (Å²) < 4.78 is 27.1. The summed E-state index contributed by atoms with van der Waals surface area (Å²) in [5.74, 6) is -0.722. The summed E-state index contributed by atoms with van der Waals surface area (Å²) in [5, 5.41) is 9.24.